The molecule has 0 heterocycles. The molecule has 0 aromatic heterocycles. The Hall–Kier alpha value is -1.06. The molecule has 0 atom stereocenters. The van der Waals surface area contributed by atoms with E-state index in [4.69, 9.17) is 22.1 Å². The fraction of sp³-hybridized carbons (Fsp3) is 0.588. The maximum absolute atomic E-state index is 12.8. The maximum Gasteiger partial charge on any atom is 0.144 e. The summed E-state index contributed by atoms with van der Waals surface area (Å²) >= 11 is 6.04. The van der Waals surface area contributed by atoms with E-state index in [0.29, 0.717) is 29.7 Å². The highest BCUT2D eigenvalue weighted by molar-refractivity contribution is 6.30. The van der Waals surface area contributed by atoms with E-state index >= 15 is 0 Å². The van der Waals surface area contributed by atoms with Crippen LogP contribution < -0.4 is 10.5 Å². The third-order valence-corrected chi connectivity index (χ3v) is 5.04. The van der Waals surface area contributed by atoms with Crippen molar-refractivity contribution in [2.75, 3.05) is 13.7 Å². The Morgan fingerprint density at radius 3 is 2.67 bits per heavy atom. The summed E-state index contributed by atoms with van der Waals surface area (Å²) in [6.45, 7) is 2.67. The van der Waals surface area contributed by atoms with Crippen LogP contribution in [0.15, 0.2) is 18.2 Å². The monoisotopic (exact) mass is 309 g/mol. The molecule has 0 aliphatic heterocycles. The molecule has 0 spiro atoms. The average molecular weight is 310 g/mol. The molecule has 2 rings (SSSR count). The number of methoxy groups -OCH3 is 1. The summed E-state index contributed by atoms with van der Waals surface area (Å²) in [5, 5.41) is 0.623. The van der Waals surface area contributed by atoms with Gasteiger partial charge in [0.05, 0.1) is 7.11 Å². The lowest BCUT2D eigenvalue weighted by molar-refractivity contribution is -0.129. The summed E-state index contributed by atoms with van der Waals surface area (Å²) in [7, 11) is 1.61. The van der Waals surface area contributed by atoms with E-state index in [2.05, 4.69) is 6.92 Å². The Morgan fingerprint density at radius 1 is 1.43 bits per heavy atom. The Kier molecular flexibility index (Phi) is 5.28. The zero-order valence-corrected chi connectivity index (χ0v) is 13.6. The number of carbonyl (C=O) groups is 1. The minimum atomic E-state index is -0.361. The average Bonchev–Trinajstić information content (AvgIpc) is 2.48. The van der Waals surface area contributed by atoms with Crippen LogP contribution in [0.3, 0.4) is 0 Å². The second-order valence-corrected chi connectivity index (χ2v) is 6.66. The zero-order chi connectivity index (χ0) is 15.5. The van der Waals surface area contributed by atoms with Crippen molar-refractivity contribution in [1.29, 1.82) is 0 Å². The van der Waals surface area contributed by atoms with Crippen molar-refractivity contribution in [3.05, 3.63) is 28.8 Å². The number of ether oxygens (including phenoxy) is 1. The number of rotatable bonds is 5. The topological polar surface area (TPSA) is 52.3 Å². The summed E-state index contributed by atoms with van der Waals surface area (Å²) in [5.41, 5.74) is 6.45. The minimum absolute atomic E-state index is 0.220. The smallest absolute Gasteiger partial charge is 0.144 e. The number of carbonyl (C=O) groups excluding carboxylic acids is 1. The number of hydrogen-bond acceptors (Lipinski definition) is 3. The molecule has 1 aliphatic carbocycles. The molecular weight excluding hydrogens is 286 g/mol. The van der Waals surface area contributed by atoms with Gasteiger partial charge in [-0.2, -0.15) is 0 Å². The molecule has 0 amide bonds. The van der Waals surface area contributed by atoms with Crippen LogP contribution in [0.4, 0.5) is 0 Å². The molecule has 1 aromatic carbocycles. The molecule has 1 aliphatic rings. The van der Waals surface area contributed by atoms with E-state index in [1.807, 2.05) is 12.1 Å². The molecule has 3 nitrogen and oxygen atoms in total. The van der Waals surface area contributed by atoms with Crippen molar-refractivity contribution in [3.63, 3.8) is 0 Å². The Bertz CT molecular complexity index is 508. The first-order valence-corrected chi connectivity index (χ1v) is 7.94. The summed E-state index contributed by atoms with van der Waals surface area (Å²) in [5.74, 6) is 1.62. The second-order valence-electron chi connectivity index (χ2n) is 6.22. The lowest BCUT2D eigenvalue weighted by atomic mass is 9.67. The molecule has 2 N–H and O–H groups in total. The number of halogens is 1. The molecule has 1 aromatic rings. The number of ketones is 1. The van der Waals surface area contributed by atoms with Gasteiger partial charge in [0.1, 0.15) is 11.5 Å². The largest absolute Gasteiger partial charge is 0.496 e. The van der Waals surface area contributed by atoms with Crippen molar-refractivity contribution in [3.8, 4) is 5.75 Å². The van der Waals surface area contributed by atoms with Gasteiger partial charge in [-0.05, 0) is 49.8 Å². The standard InChI is InChI=1S/C17H24ClNO2/c1-12-5-7-17(11-19,8-6-12)16(20)10-13-9-14(18)3-4-15(13)21-2/h3-4,9,12H,5-8,10-11,19H2,1-2H3. The third kappa shape index (κ3) is 3.58. The highest BCUT2D eigenvalue weighted by atomic mass is 35.5. The molecule has 116 valence electrons. The first-order chi connectivity index (χ1) is 10.0. The molecule has 1 saturated carbocycles. The first kappa shape index (κ1) is 16.3. The zero-order valence-electron chi connectivity index (χ0n) is 12.8. The van der Waals surface area contributed by atoms with Crippen molar-refractivity contribution in [2.45, 2.75) is 39.0 Å². The molecular formula is C17H24ClNO2. The van der Waals surface area contributed by atoms with Gasteiger partial charge in [-0.3, -0.25) is 4.79 Å². The predicted octanol–water partition coefficient (Wildman–Crippen LogP) is 3.62. The van der Waals surface area contributed by atoms with E-state index in [1.165, 1.54) is 0 Å². The normalized spacial score (nSPS) is 25.6. The van der Waals surface area contributed by atoms with Gasteiger partial charge in [0.25, 0.3) is 0 Å². The number of hydrogen-bond donors (Lipinski definition) is 1. The van der Waals surface area contributed by atoms with Gasteiger partial charge in [-0.25, -0.2) is 0 Å². The van der Waals surface area contributed by atoms with E-state index in [-0.39, 0.29) is 11.2 Å². The lowest BCUT2D eigenvalue weighted by Gasteiger charge is -2.37. The summed E-state index contributed by atoms with van der Waals surface area (Å²) in [4.78, 5) is 12.8. The summed E-state index contributed by atoms with van der Waals surface area (Å²) in [6, 6.07) is 5.40. The number of Topliss-reactive ketones (excluding diaryl/α,β-unsaturated/α-hetero) is 1. The van der Waals surface area contributed by atoms with Crippen LogP contribution in [0.2, 0.25) is 5.02 Å². The Labute approximate surface area is 131 Å². The van der Waals surface area contributed by atoms with Gasteiger partial charge in [-0.1, -0.05) is 18.5 Å². The molecule has 21 heavy (non-hydrogen) atoms. The Balaban J connectivity index is 2.18. The fourth-order valence-corrected chi connectivity index (χ4v) is 3.35. The van der Waals surface area contributed by atoms with Gasteiger partial charge >= 0.3 is 0 Å². The predicted molar refractivity (Wildman–Crippen MR) is 85.8 cm³/mol. The van der Waals surface area contributed by atoms with Crippen molar-refractivity contribution in [1.82, 2.24) is 0 Å². The van der Waals surface area contributed by atoms with E-state index in [0.717, 1.165) is 31.2 Å². The van der Waals surface area contributed by atoms with Gasteiger partial charge in [0, 0.05) is 29.0 Å². The third-order valence-electron chi connectivity index (χ3n) is 4.81. The van der Waals surface area contributed by atoms with Crippen LogP contribution in [-0.4, -0.2) is 19.4 Å². The van der Waals surface area contributed by atoms with Crippen LogP contribution in [0.1, 0.15) is 38.2 Å². The number of nitrogens with two attached hydrogens (primary N) is 1. The highest BCUT2D eigenvalue weighted by Crippen LogP contribution is 2.40. The van der Waals surface area contributed by atoms with Crippen LogP contribution in [0, 0.1) is 11.3 Å². The summed E-state index contributed by atoms with van der Waals surface area (Å²) < 4.78 is 5.33. The molecule has 0 saturated heterocycles. The van der Waals surface area contributed by atoms with E-state index in [1.54, 1.807) is 13.2 Å². The molecule has 1 fully saturated rings. The van der Waals surface area contributed by atoms with Crippen molar-refractivity contribution < 1.29 is 9.53 Å². The molecule has 0 bridgehead atoms. The summed E-state index contributed by atoms with van der Waals surface area (Å²) in [6.07, 6.45) is 4.29. The SMILES string of the molecule is COc1ccc(Cl)cc1CC(=O)C1(CN)CCC(C)CC1. The first-order valence-electron chi connectivity index (χ1n) is 7.56. The van der Waals surface area contributed by atoms with Gasteiger partial charge in [0.2, 0.25) is 0 Å². The molecule has 4 heteroatoms. The van der Waals surface area contributed by atoms with E-state index < -0.39 is 0 Å². The van der Waals surface area contributed by atoms with Crippen molar-refractivity contribution >= 4 is 17.4 Å². The van der Waals surface area contributed by atoms with Crippen molar-refractivity contribution in [2.24, 2.45) is 17.1 Å². The second kappa shape index (κ2) is 6.80. The lowest BCUT2D eigenvalue weighted by Crippen LogP contribution is -2.42. The van der Waals surface area contributed by atoms with E-state index in [9.17, 15) is 4.79 Å². The van der Waals surface area contributed by atoms with Crippen LogP contribution in [-0.2, 0) is 11.2 Å². The van der Waals surface area contributed by atoms with Gasteiger partial charge in [0.15, 0.2) is 0 Å². The molecule has 0 unspecified atom stereocenters. The van der Waals surface area contributed by atoms with Crippen LogP contribution in [0.25, 0.3) is 0 Å². The number of benzene rings is 1. The highest BCUT2D eigenvalue weighted by Gasteiger charge is 2.39. The van der Waals surface area contributed by atoms with Gasteiger partial charge in [-0.15, -0.1) is 0 Å². The minimum Gasteiger partial charge on any atom is -0.496 e. The van der Waals surface area contributed by atoms with Crippen LogP contribution in [0.5, 0.6) is 5.75 Å². The fourth-order valence-electron chi connectivity index (χ4n) is 3.16. The van der Waals surface area contributed by atoms with Gasteiger partial charge < -0.3 is 10.5 Å². The molecule has 0 radical (unpaired) electrons. The Morgan fingerprint density at radius 2 is 2.10 bits per heavy atom. The van der Waals surface area contributed by atoms with Crippen LogP contribution >= 0.6 is 11.6 Å². The maximum atomic E-state index is 12.8. The quantitative estimate of drug-likeness (QED) is 0.904.